The topological polar surface area (TPSA) is 97.0 Å². The summed E-state index contributed by atoms with van der Waals surface area (Å²) >= 11 is 0. The number of anilines is 1. The van der Waals surface area contributed by atoms with E-state index in [1.807, 2.05) is 43.3 Å². The van der Waals surface area contributed by atoms with E-state index in [2.05, 4.69) is 10.6 Å². The summed E-state index contributed by atoms with van der Waals surface area (Å²) in [5.74, 6) is -0.729. The first kappa shape index (κ1) is 25.9. The second-order valence-corrected chi connectivity index (χ2v) is 8.80. The number of carbonyl (C=O) groups is 3. The largest absolute Gasteiger partial charge is 0.460 e. The summed E-state index contributed by atoms with van der Waals surface area (Å²) in [6, 6.07) is 19.5. The molecule has 8 heteroatoms. The summed E-state index contributed by atoms with van der Waals surface area (Å²) in [7, 11) is 1.53. The Morgan fingerprint density at radius 3 is 2.43 bits per heavy atom. The van der Waals surface area contributed by atoms with Gasteiger partial charge in [0.15, 0.2) is 0 Å². The fraction of sp³-hybridized carbons (Fsp3) is 0.276. The number of allylic oxidation sites excluding steroid dienone is 1. The van der Waals surface area contributed by atoms with Gasteiger partial charge in [-0.2, -0.15) is 0 Å². The zero-order chi connectivity index (χ0) is 26.4. The Labute approximate surface area is 216 Å². The normalized spacial score (nSPS) is 15.5. The van der Waals surface area contributed by atoms with Crippen LogP contribution in [0, 0.1) is 0 Å². The fourth-order valence-electron chi connectivity index (χ4n) is 4.38. The highest BCUT2D eigenvalue weighted by atomic mass is 16.6. The van der Waals surface area contributed by atoms with Gasteiger partial charge in [-0.15, -0.1) is 0 Å². The third-order valence-corrected chi connectivity index (χ3v) is 6.30. The van der Waals surface area contributed by atoms with Gasteiger partial charge in [-0.25, -0.2) is 9.59 Å². The number of hydrogen-bond donors (Lipinski definition) is 2. The predicted molar refractivity (Wildman–Crippen MR) is 142 cm³/mol. The lowest BCUT2D eigenvalue weighted by Gasteiger charge is -2.35. The zero-order valence-corrected chi connectivity index (χ0v) is 21.2. The minimum atomic E-state index is -0.680. The Kier molecular flexibility index (Phi) is 8.20. The number of benzene rings is 3. The van der Waals surface area contributed by atoms with Crippen LogP contribution in [0.5, 0.6) is 0 Å². The van der Waals surface area contributed by atoms with Crippen molar-refractivity contribution in [3.8, 4) is 0 Å². The summed E-state index contributed by atoms with van der Waals surface area (Å²) in [6.45, 7) is 4.60. The number of hydrogen-bond acceptors (Lipinski definition) is 5. The molecule has 4 rings (SSSR count). The lowest BCUT2D eigenvalue weighted by molar-refractivity contribution is -0.140. The van der Waals surface area contributed by atoms with Crippen LogP contribution in [0.1, 0.15) is 42.2 Å². The van der Waals surface area contributed by atoms with Gasteiger partial charge in [-0.1, -0.05) is 49.4 Å². The van der Waals surface area contributed by atoms with Crippen LogP contribution >= 0.6 is 0 Å². The minimum Gasteiger partial charge on any atom is -0.460 e. The molecule has 0 aromatic heterocycles. The molecule has 1 unspecified atom stereocenters. The van der Waals surface area contributed by atoms with Gasteiger partial charge in [0.25, 0.3) is 5.91 Å². The first-order chi connectivity index (χ1) is 17.9. The fourth-order valence-corrected chi connectivity index (χ4v) is 4.38. The van der Waals surface area contributed by atoms with Gasteiger partial charge in [0, 0.05) is 30.6 Å². The number of nitrogens with one attached hydrogen (secondary N) is 2. The van der Waals surface area contributed by atoms with Crippen molar-refractivity contribution in [3.63, 3.8) is 0 Å². The summed E-state index contributed by atoms with van der Waals surface area (Å²) in [4.78, 5) is 40.2. The van der Waals surface area contributed by atoms with E-state index in [1.165, 1.54) is 7.11 Å². The van der Waals surface area contributed by atoms with Crippen molar-refractivity contribution in [1.29, 1.82) is 0 Å². The number of rotatable bonds is 9. The molecule has 1 atom stereocenters. The smallest absolute Gasteiger partial charge is 0.338 e. The molecule has 1 heterocycles. The third-order valence-electron chi connectivity index (χ3n) is 6.30. The first-order valence-corrected chi connectivity index (χ1v) is 12.3. The molecular weight excluding hydrogens is 470 g/mol. The summed E-state index contributed by atoms with van der Waals surface area (Å²) in [5.41, 5.74) is 2.79. The number of esters is 1. The van der Waals surface area contributed by atoms with E-state index in [9.17, 15) is 14.4 Å². The van der Waals surface area contributed by atoms with E-state index in [4.69, 9.17) is 9.47 Å². The van der Waals surface area contributed by atoms with E-state index in [1.54, 1.807) is 42.2 Å². The number of carbonyl (C=O) groups excluding carboxylic acids is 3. The maximum atomic E-state index is 13.0. The molecule has 1 aliphatic heterocycles. The Morgan fingerprint density at radius 1 is 1.00 bits per heavy atom. The highest BCUT2D eigenvalue weighted by Crippen LogP contribution is 2.32. The average Bonchev–Trinajstić information content (AvgIpc) is 2.91. The first-order valence-electron chi connectivity index (χ1n) is 12.3. The molecular formula is C29H31N3O5. The summed E-state index contributed by atoms with van der Waals surface area (Å²) in [5, 5.41) is 7.90. The van der Waals surface area contributed by atoms with E-state index in [-0.39, 0.29) is 25.2 Å². The van der Waals surface area contributed by atoms with Gasteiger partial charge in [0.05, 0.1) is 18.2 Å². The molecule has 2 N–H and O–H groups in total. The molecule has 0 aliphatic carbocycles. The van der Waals surface area contributed by atoms with Crippen LogP contribution in [-0.2, 0) is 14.3 Å². The van der Waals surface area contributed by atoms with Crippen molar-refractivity contribution in [2.24, 2.45) is 0 Å². The quantitative estimate of drug-likeness (QED) is 0.317. The molecule has 0 radical (unpaired) electrons. The molecule has 0 spiro atoms. The van der Waals surface area contributed by atoms with Crippen molar-refractivity contribution >= 4 is 34.4 Å². The molecule has 1 aliphatic rings. The molecule has 3 aromatic rings. The number of urea groups is 1. The molecule has 8 nitrogen and oxygen atoms in total. The van der Waals surface area contributed by atoms with E-state index >= 15 is 0 Å². The third kappa shape index (κ3) is 5.81. The van der Waals surface area contributed by atoms with Crippen LogP contribution in [0.2, 0.25) is 0 Å². The highest BCUT2D eigenvalue weighted by Gasteiger charge is 2.36. The van der Waals surface area contributed by atoms with Crippen LogP contribution in [0.3, 0.4) is 0 Å². The van der Waals surface area contributed by atoms with Crippen molar-refractivity contribution in [2.75, 3.05) is 32.2 Å². The second-order valence-electron chi connectivity index (χ2n) is 8.80. The van der Waals surface area contributed by atoms with E-state index < -0.39 is 12.0 Å². The maximum Gasteiger partial charge on any atom is 0.338 e. The zero-order valence-electron chi connectivity index (χ0n) is 21.2. The Balaban J connectivity index is 1.55. The average molecular weight is 502 g/mol. The van der Waals surface area contributed by atoms with Crippen LogP contribution in [-0.4, -0.2) is 49.7 Å². The molecule has 3 amide bonds. The number of fused-ring (bicyclic) bond motifs is 1. The summed E-state index contributed by atoms with van der Waals surface area (Å²) in [6.07, 6.45) is 0.743. The van der Waals surface area contributed by atoms with Crippen molar-refractivity contribution in [3.05, 3.63) is 89.1 Å². The van der Waals surface area contributed by atoms with Gasteiger partial charge < -0.3 is 20.1 Å². The number of amides is 3. The number of methoxy groups -OCH3 is 1. The van der Waals surface area contributed by atoms with E-state index in [0.717, 1.165) is 17.2 Å². The van der Waals surface area contributed by atoms with Gasteiger partial charge in [-0.3, -0.25) is 9.69 Å². The van der Waals surface area contributed by atoms with Crippen molar-refractivity contribution in [2.45, 2.75) is 26.3 Å². The Morgan fingerprint density at radius 2 is 1.73 bits per heavy atom. The standard InChI is InChI=1S/C29H31N3O5/c1-4-15-32-19(2)25(28(34)37-17-16-36-3)26(31-29(32)35)21-11-13-24(14-12-21)30-27(33)23-10-9-20-7-5-6-8-22(20)18-23/h5-14,18,26H,4,15-17H2,1-3H3,(H,30,33)(H,31,35). The summed E-state index contributed by atoms with van der Waals surface area (Å²) < 4.78 is 10.4. The van der Waals surface area contributed by atoms with Crippen LogP contribution in [0.15, 0.2) is 78.0 Å². The number of nitrogens with zero attached hydrogens (tertiary/aromatic N) is 1. The minimum absolute atomic E-state index is 0.111. The van der Waals surface area contributed by atoms with Gasteiger partial charge in [0.1, 0.15) is 6.61 Å². The molecule has 192 valence electrons. The SMILES string of the molecule is CCCN1C(=O)NC(c2ccc(NC(=O)c3ccc4ccccc4c3)cc2)C(C(=O)OCCOC)=C1C. The monoisotopic (exact) mass is 501 g/mol. The van der Waals surface area contributed by atoms with Crippen molar-refractivity contribution < 1.29 is 23.9 Å². The van der Waals surface area contributed by atoms with Crippen LogP contribution < -0.4 is 10.6 Å². The Hall–Kier alpha value is -4.17. The predicted octanol–water partition coefficient (Wildman–Crippen LogP) is 5.03. The molecule has 0 bridgehead atoms. The van der Waals surface area contributed by atoms with Gasteiger partial charge in [0.2, 0.25) is 0 Å². The van der Waals surface area contributed by atoms with Gasteiger partial charge >= 0.3 is 12.0 Å². The second kappa shape index (κ2) is 11.7. The maximum absolute atomic E-state index is 13.0. The lowest BCUT2D eigenvalue weighted by Crippen LogP contribution is -2.48. The lowest BCUT2D eigenvalue weighted by atomic mass is 9.94. The molecule has 37 heavy (non-hydrogen) atoms. The van der Waals surface area contributed by atoms with Crippen LogP contribution in [0.25, 0.3) is 10.8 Å². The van der Waals surface area contributed by atoms with Crippen molar-refractivity contribution in [1.82, 2.24) is 10.2 Å². The highest BCUT2D eigenvalue weighted by molar-refractivity contribution is 6.06. The van der Waals surface area contributed by atoms with Gasteiger partial charge in [-0.05, 0) is 53.9 Å². The molecule has 0 saturated carbocycles. The molecule has 3 aromatic carbocycles. The van der Waals surface area contributed by atoms with Crippen LogP contribution in [0.4, 0.5) is 10.5 Å². The van der Waals surface area contributed by atoms with E-state index in [0.29, 0.717) is 34.6 Å². The molecule has 0 fully saturated rings. The Bertz CT molecular complexity index is 1330. The molecule has 0 saturated heterocycles. The number of ether oxygens (including phenoxy) is 2.